The minimum atomic E-state index is -0.824. The molecule has 0 N–H and O–H groups in total. The summed E-state index contributed by atoms with van der Waals surface area (Å²) in [5, 5.41) is 0. The van der Waals surface area contributed by atoms with Crippen LogP contribution in [0.4, 0.5) is 8.78 Å². The van der Waals surface area contributed by atoms with Crippen molar-refractivity contribution in [3.05, 3.63) is 35.2 Å². The Kier molecular flexibility index (Phi) is 10.3. The van der Waals surface area contributed by atoms with E-state index in [4.69, 9.17) is 4.74 Å². The molecule has 0 amide bonds. The van der Waals surface area contributed by atoms with Gasteiger partial charge in [0.15, 0.2) is 0 Å². The fourth-order valence-electron chi connectivity index (χ4n) is 1.93. The molecule has 0 rings (SSSR count). The van der Waals surface area contributed by atoms with Crippen LogP contribution in [0.3, 0.4) is 0 Å². The zero-order valence-electron chi connectivity index (χ0n) is 13.4. The van der Waals surface area contributed by atoms with Crippen LogP contribution in [0.15, 0.2) is 35.2 Å². The molecular formula is C17H28F2O. The van der Waals surface area contributed by atoms with Gasteiger partial charge < -0.3 is 4.74 Å². The highest BCUT2D eigenvalue weighted by molar-refractivity contribution is 5.20. The summed E-state index contributed by atoms with van der Waals surface area (Å²) in [5.74, 6) is -0.498. The minimum Gasteiger partial charge on any atom is -0.367 e. The Morgan fingerprint density at radius 2 is 1.95 bits per heavy atom. The van der Waals surface area contributed by atoms with Gasteiger partial charge in [0.2, 0.25) is 0 Å². The molecule has 0 aromatic carbocycles. The Morgan fingerprint density at radius 3 is 2.35 bits per heavy atom. The fourth-order valence-corrected chi connectivity index (χ4v) is 1.93. The van der Waals surface area contributed by atoms with Gasteiger partial charge in [-0.05, 0) is 40.5 Å². The summed E-state index contributed by atoms with van der Waals surface area (Å²) in [6, 6.07) is 0. The summed E-state index contributed by atoms with van der Waals surface area (Å²) in [6.07, 6.45) is 8.04. The van der Waals surface area contributed by atoms with Crippen LogP contribution in [-0.4, -0.2) is 18.9 Å². The van der Waals surface area contributed by atoms with Gasteiger partial charge in [-0.3, -0.25) is 0 Å². The number of hydrogen-bond acceptors (Lipinski definition) is 1. The normalized spacial score (nSPS) is 15.9. The molecule has 0 spiro atoms. The van der Waals surface area contributed by atoms with E-state index in [0.29, 0.717) is 0 Å². The maximum Gasteiger partial charge on any atom is 0.116 e. The van der Waals surface area contributed by atoms with Crippen molar-refractivity contribution >= 4 is 0 Å². The molecule has 0 aliphatic rings. The molecule has 0 aromatic heterocycles. The van der Waals surface area contributed by atoms with Gasteiger partial charge in [-0.15, -0.1) is 0 Å². The maximum absolute atomic E-state index is 13.4. The minimum absolute atomic E-state index is 0.0764. The van der Waals surface area contributed by atoms with Gasteiger partial charge >= 0.3 is 0 Å². The molecule has 1 nitrogen and oxygen atoms in total. The number of allylic oxidation sites excluding steroid dienone is 4. The van der Waals surface area contributed by atoms with Crippen LogP contribution >= 0.6 is 0 Å². The highest BCUT2D eigenvalue weighted by Crippen LogP contribution is 2.18. The molecule has 0 fully saturated rings. The molecule has 0 aliphatic heterocycles. The van der Waals surface area contributed by atoms with E-state index < -0.39 is 18.6 Å². The second-order valence-electron chi connectivity index (χ2n) is 5.13. The van der Waals surface area contributed by atoms with E-state index in [1.54, 1.807) is 6.08 Å². The van der Waals surface area contributed by atoms with Crippen molar-refractivity contribution in [1.82, 2.24) is 0 Å². The standard InChI is InChI=1S/C17H28F2O/c1-6-9-15(7-2)10-8-11-17(20-13(3)4)16(12-18)14(5)19/h7-8,11,13,17H,6,9-10,12H2,1-5H3. The third-order valence-electron chi connectivity index (χ3n) is 3.02. The highest BCUT2D eigenvalue weighted by Gasteiger charge is 2.16. The summed E-state index contributed by atoms with van der Waals surface area (Å²) in [6.45, 7) is 8.31. The van der Waals surface area contributed by atoms with Crippen LogP contribution in [-0.2, 0) is 4.74 Å². The van der Waals surface area contributed by atoms with Crippen LogP contribution < -0.4 is 0 Å². The van der Waals surface area contributed by atoms with Crippen LogP contribution in [0.25, 0.3) is 0 Å². The quantitative estimate of drug-likeness (QED) is 0.495. The van der Waals surface area contributed by atoms with Crippen molar-refractivity contribution in [2.24, 2.45) is 0 Å². The van der Waals surface area contributed by atoms with E-state index >= 15 is 0 Å². The lowest BCUT2D eigenvalue weighted by Crippen LogP contribution is -2.20. The number of rotatable bonds is 9. The Balaban J connectivity index is 4.86. The molecule has 0 aliphatic carbocycles. The largest absolute Gasteiger partial charge is 0.367 e. The predicted octanol–water partition coefficient (Wildman–Crippen LogP) is 5.69. The van der Waals surface area contributed by atoms with Crippen LogP contribution in [0.2, 0.25) is 0 Å². The van der Waals surface area contributed by atoms with Gasteiger partial charge in [0.25, 0.3) is 0 Å². The number of hydrogen-bond donors (Lipinski definition) is 0. The lowest BCUT2D eigenvalue weighted by molar-refractivity contribution is 0.0506. The second-order valence-corrected chi connectivity index (χ2v) is 5.13. The molecule has 0 radical (unpaired) electrons. The Bertz CT molecular complexity index is 350. The molecule has 1 unspecified atom stereocenters. The van der Waals surface area contributed by atoms with E-state index in [2.05, 4.69) is 13.0 Å². The van der Waals surface area contributed by atoms with Gasteiger partial charge in [0, 0.05) is 5.57 Å². The molecule has 0 saturated carbocycles. The first-order valence-corrected chi connectivity index (χ1v) is 7.33. The third kappa shape index (κ3) is 7.59. The average Bonchev–Trinajstić information content (AvgIpc) is 2.37. The molecular weight excluding hydrogens is 258 g/mol. The van der Waals surface area contributed by atoms with Crippen molar-refractivity contribution < 1.29 is 13.5 Å². The summed E-state index contributed by atoms with van der Waals surface area (Å²) in [7, 11) is 0. The first kappa shape index (κ1) is 19.0. The third-order valence-corrected chi connectivity index (χ3v) is 3.02. The first-order valence-electron chi connectivity index (χ1n) is 7.33. The predicted molar refractivity (Wildman–Crippen MR) is 82.2 cm³/mol. The topological polar surface area (TPSA) is 9.23 Å². The zero-order chi connectivity index (χ0) is 15.5. The lowest BCUT2D eigenvalue weighted by Gasteiger charge is -2.19. The van der Waals surface area contributed by atoms with E-state index in [1.807, 2.05) is 26.8 Å². The summed E-state index contributed by atoms with van der Waals surface area (Å²) in [5.41, 5.74) is 1.40. The molecule has 116 valence electrons. The van der Waals surface area contributed by atoms with Gasteiger partial charge in [0.05, 0.1) is 6.10 Å². The van der Waals surface area contributed by atoms with E-state index in [0.717, 1.165) is 19.3 Å². The van der Waals surface area contributed by atoms with Crippen molar-refractivity contribution in [1.29, 1.82) is 0 Å². The van der Waals surface area contributed by atoms with Gasteiger partial charge in [-0.1, -0.05) is 37.1 Å². The lowest BCUT2D eigenvalue weighted by atomic mass is 10.0. The monoisotopic (exact) mass is 286 g/mol. The molecule has 20 heavy (non-hydrogen) atoms. The first-order chi connectivity index (χ1) is 9.46. The van der Waals surface area contributed by atoms with Crippen molar-refractivity contribution in [3.63, 3.8) is 0 Å². The number of ether oxygens (including phenoxy) is 1. The highest BCUT2D eigenvalue weighted by atomic mass is 19.1. The molecule has 1 atom stereocenters. The fraction of sp³-hybridized carbons (Fsp3) is 0.647. The van der Waals surface area contributed by atoms with Crippen LogP contribution in [0, 0.1) is 0 Å². The second kappa shape index (κ2) is 10.8. The molecule has 0 saturated heterocycles. The van der Waals surface area contributed by atoms with Gasteiger partial charge in [-0.2, -0.15) is 0 Å². The summed E-state index contributed by atoms with van der Waals surface area (Å²) < 4.78 is 31.9. The molecule has 0 heterocycles. The Labute approximate surface area is 122 Å². The van der Waals surface area contributed by atoms with E-state index in [9.17, 15) is 8.78 Å². The Hall–Kier alpha value is -0.960. The van der Waals surface area contributed by atoms with Crippen molar-refractivity contribution in [2.45, 2.75) is 66.1 Å². The molecule has 3 heteroatoms. The van der Waals surface area contributed by atoms with Crippen molar-refractivity contribution in [3.8, 4) is 0 Å². The molecule has 0 bridgehead atoms. The number of alkyl halides is 1. The van der Waals surface area contributed by atoms with E-state index in [1.165, 1.54) is 12.5 Å². The smallest absolute Gasteiger partial charge is 0.116 e. The van der Waals surface area contributed by atoms with Gasteiger partial charge in [0.1, 0.15) is 18.6 Å². The van der Waals surface area contributed by atoms with Crippen LogP contribution in [0.5, 0.6) is 0 Å². The summed E-state index contributed by atoms with van der Waals surface area (Å²) >= 11 is 0. The van der Waals surface area contributed by atoms with Gasteiger partial charge in [-0.25, -0.2) is 8.78 Å². The molecule has 0 aromatic rings. The maximum atomic E-state index is 13.4. The van der Waals surface area contributed by atoms with E-state index in [-0.39, 0.29) is 11.7 Å². The summed E-state index contributed by atoms with van der Waals surface area (Å²) in [4.78, 5) is 0. The SMILES string of the molecule is CC=C(CC=CC(OC(C)C)C(CF)=C(C)F)CCC. The zero-order valence-corrected chi connectivity index (χ0v) is 13.4. The average molecular weight is 286 g/mol. The number of halogens is 2. The van der Waals surface area contributed by atoms with Crippen molar-refractivity contribution in [2.75, 3.05) is 6.67 Å². The Morgan fingerprint density at radius 1 is 1.30 bits per heavy atom. The van der Waals surface area contributed by atoms with Crippen LogP contribution in [0.1, 0.15) is 53.9 Å².